The predicted molar refractivity (Wildman–Crippen MR) is 72.1 cm³/mol. The van der Waals surface area contributed by atoms with Gasteiger partial charge in [0.15, 0.2) is 0 Å². The molecule has 19 heavy (non-hydrogen) atoms. The first-order chi connectivity index (χ1) is 9.04. The summed E-state index contributed by atoms with van der Waals surface area (Å²) < 4.78 is 13.8. The number of urea groups is 1. The van der Waals surface area contributed by atoms with Crippen LogP contribution in [-0.4, -0.2) is 42.5 Å². The summed E-state index contributed by atoms with van der Waals surface area (Å²) in [7, 11) is 1.71. The first-order valence-corrected chi connectivity index (χ1v) is 6.50. The highest BCUT2D eigenvalue weighted by Crippen LogP contribution is 2.29. The summed E-state index contributed by atoms with van der Waals surface area (Å²) in [5.41, 5.74) is 6.16. The number of halogens is 1. The van der Waals surface area contributed by atoms with Crippen molar-refractivity contribution in [2.24, 2.45) is 11.7 Å². The molecule has 0 bridgehead atoms. The second kappa shape index (κ2) is 5.57. The van der Waals surface area contributed by atoms with Crippen LogP contribution in [0.2, 0.25) is 0 Å². The summed E-state index contributed by atoms with van der Waals surface area (Å²) in [5, 5.41) is 0. The number of hydrogen-bond acceptors (Lipinski definition) is 2. The Morgan fingerprint density at radius 3 is 2.79 bits per heavy atom. The normalized spacial score (nSPS) is 21.1. The van der Waals surface area contributed by atoms with E-state index in [9.17, 15) is 9.18 Å². The van der Waals surface area contributed by atoms with Crippen molar-refractivity contribution >= 4 is 6.03 Å². The highest BCUT2D eigenvalue weighted by molar-refractivity contribution is 5.77. The van der Waals surface area contributed by atoms with Crippen LogP contribution in [-0.2, 0) is 0 Å². The fourth-order valence-corrected chi connectivity index (χ4v) is 2.42. The predicted octanol–water partition coefficient (Wildman–Crippen LogP) is 1.83. The van der Waals surface area contributed by atoms with Gasteiger partial charge in [-0.2, -0.15) is 0 Å². The lowest BCUT2D eigenvalue weighted by atomic mass is 10.1. The summed E-state index contributed by atoms with van der Waals surface area (Å²) in [6, 6.07) is 6.33. The fourth-order valence-electron chi connectivity index (χ4n) is 2.42. The van der Waals surface area contributed by atoms with Crippen molar-refractivity contribution in [2.45, 2.75) is 13.0 Å². The molecule has 104 valence electrons. The summed E-state index contributed by atoms with van der Waals surface area (Å²) in [6.07, 6.45) is 0. The van der Waals surface area contributed by atoms with Crippen LogP contribution in [0.1, 0.15) is 18.5 Å². The lowest BCUT2D eigenvalue weighted by molar-refractivity contribution is 0.191. The number of likely N-dealkylation sites (N-methyl/N-ethyl adjacent to an activating group) is 1. The molecule has 2 amide bonds. The quantitative estimate of drug-likeness (QED) is 0.903. The molecule has 1 aromatic rings. The number of rotatable bonds is 4. The van der Waals surface area contributed by atoms with E-state index in [4.69, 9.17) is 5.73 Å². The van der Waals surface area contributed by atoms with E-state index in [1.54, 1.807) is 35.0 Å². The number of nitrogens with zero attached hydrogens (tertiary/aromatic N) is 2. The van der Waals surface area contributed by atoms with E-state index in [1.165, 1.54) is 6.07 Å². The zero-order chi connectivity index (χ0) is 14.0. The van der Waals surface area contributed by atoms with Gasteiger partial charge in [0.1, 0.15) is 5.82 Å². The maximum absolute atomic E-state index is 13.8. The monoisotopic (exact) mass is 265 g/mol. The van der Waals surface area contributed by atoms with Gasteiger partial charge < -0.3 is 15.5 Å². The number of hydrogen-bond donors (Lipinski definition) is 1. The van der Waals surface area contributed by atoms with Crippen molar-refractivity contribution in [3.05, 3.63) is 35.6 Å². The number of amides is 2. The largest absolute Gasteiger partial charge is 0.330 e. The molecule has 2 atom stereocenters. The SMILES string of the molecule is CC(CN)CN1CC(c2ccccc2F)N(C)C1=O. The second-order valence-corrected chi connectivity index (χ2v) is 5.18. The minimum atomic E-state index is -0.263. The van der Waals surface area contributed by atoms with E-state index in [2.05, 4.69) is 0 Å². The molecular weight excluding hydrogens is 245 g/mol. The van der Waals surface area contributed by atoms with Crippen LogP contribution in [0.5, 0.6) is 0 Å². The molecule has 0 aliphatic carbocycles. The molecule has 0 radical (unpaired) electrons. The molecule has 1 saturated heterocycles. The number of benzene rings is 1. The molecule has 5 heteroatoms. The molecule has 2 rings (SSSR count). The summed E-state index contributed by atoms with van der Waals surface area (Å²) in [4.78, 5) is 15.5. The minimum Gasteiger partial charge on any atom is -0.330 e. The van der Waals surface area contributed by atoms with Gasteiger partial charge in [0, 0.05) is 25.7 Å². The molecule has 1 aromatic carbocycles. The standard InChI is InChI=1S/C14H20FN3O/c1-10(7-16)8-18-9-13(17(2)14(18)19)11-5-3-4-6-12(11)15/h3-6,10,13H,7-9,16H2,1-2H3. The molecule has 2 unspecified atom stereocenters. The molecule has 1 fully saturated rings. The third-order valence-electron chi connectivity index (χ3n) is 3.63. The fraction of sp³-hybridized carbons (Fsp3) is 0.500. The van der Waals surface area contributed by atoms with Crippen LogP contribution < -0.4 is 5.73 Å². The van der Waals surface area contributed by atoms with E-state index in [1.807, 2.05) is 6.92 Å². The van der Waals surface area contributed by atoms with Crippen LogP contribution in [0.15, 0.2) is 24.3 Å². The Labute approximate surface area is 113 Å². The first-order valence-electron chi connectivity index (χ1n) is 6.50. The smallest absolute Gasteiger partial charge is 0.320 e. The molecular formula is C14H20FN3O. The van der Waals surface area contributed by atoms with Crippen molar-refractivity contribution in [3.8, 4) is 0 Å². The van der Waals surface area contributed by atoms with Gasteiger partial charge in [-0.3, -0.25) is 0 Å². The van der Waals surface area contributed by atoms with E-state index < -0.39 is 0 Å². The Balaban J connectivity index is 2.17. The molecule has 1 aliphatic heterocycles. The third-order valence-corrected chi connectivity index (χ3v) is 3.63. The van der Waals surface area contributed by atoms with Gasteiger partial charge >= 0.3 is 6.03 Å². The van der Waals surface area contributed by atoms with Crippen molar-refractivity contribution in [2.75, 3.05) is 26.7 Å². The Bertz CT molecular complexity index is 466. The highest BCUT2D eigenvalue weighted by atomic mass is 19.1. The van der Waals surface area contributed by atoms with Crippen LogP contribution >= 0.6 is 0 Å². The molecule has 2 N–H and O–H groups in total. The topological polar surface area (TPSA) is 49.6 Å². The van der Waals surface area contributed by atoms with Crippen molar-refractivity contribution in [1.29, 1.82) is 0 Å². The first kappa shape index (κ1) is 13.8. The van der Waals surface area contributed by atoms with Crippen LogP contribution in [0.3, 0.4) is 0 Å². The maximum atomic E-state index is 13.8. The van der Waals surface area contributed by atoms with E-state index in [-0.39, 0.29) is 23.8 Å². The number of carbonyl (C=O) groups excluding carboxylic acids is 1. The van der Waals surface area contributed by atoms with Crippen LogP contribution in [0.4, 0.5) is 9.18 Å². The van der Waals surface area contributed by atoms with Gasteiger partial charge in [-0.25, -0.2) is 9.18 Å². The van der Waals surface area contributed by atoms with E-state index in [0.29, 0.717) is 25.2 Å². The van der Waals surface area contributed by atoms with Crippen LogP contribution in [0.25, 0.3) is 0 Å². The average Bonchev–Trinajstić information content (AvgIpc) is 2.67. The lowest BCUT2D eigenvalue weighted by Crippen LogP contribution is -2.34. The van der Waals surface area contributed by atoms with Crippen molar-refractivity contribution < 1.29 is 9.18 Å². The molecule has 1 heterocycles. The third kappa shape index (κ3) is 2.71. The van der Waals surface area contributed by atoms with Crippen molar-refractivity contribution in [1.82, 2.24) is 9.80 Å². The van der Waals surface area contributed by atoms with Gasteiger partial charge in [0.2, 0.25) is 0 Å². The van der Waals surface area contributed by atoms with Crippen LogP contribution in [0, 0.1) is 11.7 Å². The Hall–Kier alpha value is -1.62. The number of nitrogens with two attached hydrogens (primary N) is 1. The zero-order valence-electron chi connectivity index (χ0n) is 11.3. The minimum absolute atomic E-state index is 0.0615. The van der Waals surface area contributed by atoms with E-state index >= 15 is 0 Å². The van der Waals surface area contributed by atoms with Gasteiger partial charge in [-0.05, 0) is 18.5 Å². The summed E-state index contributed by atoms with van der Waals surface area (Å²) in [6.45, 7) is 3.67. The Kier molecular flexibility index (Phi) is 4.04. The maximum Gasteiger partial charge on any atom is 0.320 e. The molecule has 1 aliphatic rings. The second-order valence-electron chi connectivity index (χ2n) is 5.18. The van der Waals surface area contributed by atoms with Gasteiger partial charge in [0.05, 0.1) is 6.04 Å². The summed E-state index contributed by atoms with van der Waals surface area (Å²) in [5.74, 6) is -0.0161. The number of carbonyl (C=O) groups is 1. The molecule has 0 spiro atoms. The average molecular weight is 265 g/mol. The van der Waals surface area contributed by atoms with Gasteiger partial charge in [-0.15, -0.1) is 0 Å². The summed E-state index contributed by atoms with van der Waals surface area (Å²) >= 11 is 0. The highest BCUT2D eigenvalue weighted by Gasteiger charge is 2.36. The van der Waals surface area contributed by atoms with Gasteiger partial charge in [-0.1, -0.05) is 25.1 Å². The molecule has 0 aromatic heterocycles. The zero-order valence-corrected chi connectivity index (χ0v) is 11.3. The molecule has 4 nitrogen and oxygen atoms in total. The Morgan fingerprint density at radius 1 is 1.47 bits per heavy atom. The Morgan fingerprint density at radius 2 is 2.16 bits per heavy atom. The lowest BCUT2D eigenvalue weighted by Gasteiger charge is -2.19. The van der Waals surface area contributed by atoms with E-state index in [0.717, 1.165) is 0 Å². The van der Waals surface area contributed by atoms with Crippen molar-refractivity contribution in [3.63, 3.8) is 0 Å². The van der Waals surface area contributed by atoms with Gasteiger partial charge in [0.25, 0.3) is 0 Å². The molecule has 0 saturated carbocycles.